The number of nitrogens with two attached hydrogens (primary N) is 1. The molecule has 2 heterocycles. The predicted molar refractivity (Wildman–Crippen MR) is 83.8 cm³/mol. The maximum absolute atomic E-state index is 11.6. The quantitative estimate of drug-likeness (QED) is 0.434. The van der Waals surface area contributed by atoms with Crippen molar-refractivity contribution in [3.63, 3.8) is 0 Å². The van der Waals surface area contributed by atoms with Crippen LogP contribution in [0.15, 0.2) is 45.4 Å². The van der Waals surface area contributed by atoms with E-state index in [4.69, 9.17) is 10.3 Å². The number of aromatic nitrogens is 1. The average Bonchev–Trinajstić information content (AvgIpc) is 3.02. The first-order valence-electron chi connectivity index (χ1n) is 6.43. The van der Waals surface area contributed by atoms with E-state index in [1.54, 1.807) is 13.0 Å². The second kappa shape index (κ2) is 5.38. The summed E-state index contributed by atoms with van der Waals surface area (Å²) in [5.74, 6) is 6.09. The van der Waals surface area contributed by atoms with Crippen LogP contribution in [-0.2, 0) is 6.54 Å². The highest BCUT2D eigenvalue weighted by Gasteiger charge is 2.14. The number of hydrogen-bond acceptors (Lipinski definition) is 3. The number of nitrogen functional groups attached to an aromatic ring is 1. The van der Waals surface area contributed by atoms with Gasteiger partial charge in [0.2, 0.25) is 0 Å². The highest BCUT2D eigenvalue weighted by atomic mass is 79.9. The molecule has 5 nitrogen and oxygen atoms in total. The number of hydrogen-bond donors (Lipinski definition) is 2. The number of nitrogens with one attached hydrogen (secondary N) is 1. The van der Waals surface area contributed by atoms with Crippen molar-refractivity contribution in [1.82, 2.24) is 9.99 Å². The van der Waals surface area contributed by atoms with E-state index < -0.39 is 0 Å². The molecular weight excluding hydrogens is 334 g/mol. The van der Waals surface area contributed by atoms with Crippen LogP contribution in [-0.4, -0.2) is 10.5 Å². The molecule has 0 aliphatic carbocycles. The Labute approximate surface area is 129 Å². The Balaban J connectivity index is 1.94. The molecule has 0 radical (unpaired) electrons. The first-order valence-corrected chi connectivity index (χ1v) is 7.22. The number of rotatable bonds is 3. The molecule has 0 bridgehead atoms. The zero-order valence-electron chi connectivity index (χ0n) is 11.4. The lowest BCUT2D eigenvalue weighted by Crippen LogP contribution is -2.30. The van der Waals surface area contributed by atoms with E-state index in [0.717, 1.165) is 15.4 Å². The number of amides is 1. The topological polar surface area (TPSA) is 73.2 Å². The summed E-state index contributed by atoms with van der Waals surface area (Å²) < 4.78 is 8.76. The maximum Gasteiger partial charge on any atom is 0.268 e. The number of aryl methyl sites for hydroxylation is 1. The Bertz CT molecular complexity index is 820. The van der Waals surface area contributed by atoms with Gasteiger partial charge in [0.1, 0.15) is 11.5 Å². The first-order chi connectivity index (χ1) is 10.1. The largest absolute Gasteiger partial charge is 0.464 e. The van der Waals surface area contributed by atoms with Gasteiger partial charge in [-0.2, -0.15) is 0 Å². The molecular formula is C15H14BrN3O2. The van der Waals surface area contributed by atoms with Gasteiger partial charge >= 0.3 is 0 Å². The van der Waals surface area contributed by atoms with Crippen LogP contribution in [0.4, 0.5) is 0 Å². The van der Waals surface area contributed by atoms with E-state index in [9.17, 15) is 4.79 Å². The number of halogens is 1. The van der Waals surface area contributed by atoms with Crippen molar-refractivity contribution < 1.29 is 9.21 Å². The number of nitrogens with zero attached hydrogens (tertiary/aromatic N) is 1. The summed E-state index contributed by atoms with van der Waals surface area (Å²) in [6, 6.07) is 9.88. The van der Waals surface area contributed by atoms with Crippen LogP contribution in [0, 0.1) is 6.92 Å². The number of carbonyl (C=O) groups is 1. The lowest BCUT2D eigenvalue weighted by atomic mass is 10.2. The summed E-state index contributed by atoms with van der Waals surface area (Å²) in [5.41, 5.74) is 3.69. The predicted octanol–water partition coefficient (Wildman–Crippen LogP) is 2.96. The highest BCUT2D eigenvalue weighted by molar-refractivity contribution is 9.10. The minimum atomic E-state index is -0.344. The fourth-order valence-electron chi connectivity index (χ4n) is 2.40. The molecule has 0 unspecified atom stereocenters. The number of furan rings is 1. The summed E-state index contributed by atoms with van der Waals surface area (Å²) >= 11 is 3.46. The standard InChI is InChI=1S/C15H14BrN3O2/c1-9-13(15(20)18-17)7-12(21-9)8-19-5-4-10-6-11(16)2-3-14(10)19/h2-7H,8,17H2,1H3,(H,18,20). The fraction of sp³-hybridized carbons (Fsp3) is 0.133. The molecule has 0 aliphatic rings. The van der Waals surface area contributed by atoms with Crippen LogP contribution < -0.4 is 11.3 Å². The van der Waals surface area contributed by atoms with Crippen molar-refractivity contribution in [3.05, 3.63) is 58.1 Å². The highest BCUT2D eigenvalue weighted by Crippen LogP contribution is 2.23. The second-order valence-electron chi connectivity index (χ2n) is 4.80. The normalized spacial score (nSPS) is 11.0. The van der Waals surface area contributed by atoms with Gasteiger partial charge in [0.05, 0.1) is 12.1 Å². The van der Waals surface area contributed by atoms with Gasteiger partial charge in [-0.1, -0.05) is 15.9 Å². The molecule has 3 N–H and O–H groups in total. The van der Waals surface area contributed by atoms with E-state index in [-0.39, 0.29) is 5.91 Å². The van der Waals surface area contributed by atoms with Gasteiger partial charge in [0.25, 0.3) is 5.91 Å². The monoisotopic (exact) mass is 347 g/mol. The molecule has 3 aromatic rings. The lowest BCUT2D eigenvalue weighted by Gasteiger charge is -2.03. The maximum atomic E-state index is 11.6. The zero-order valence-corrected chi connectivity index (χ0v) is 13.0. The number of fused-ring (bicyclic) bond motifs is 1. The molecule has 1 amide bonds. The van der Waals surface area contributed by atoms with E-state index in [1.807, 2.05) is 24.4 Å². The summed E-state index contributed by atoms with van der Waals surface area (Å²) in [4.78, 5) is 11.6. The van der Waals surface area contributed by atoms with Crippen LogP contribution in [0.5, 0.6) is 0 Å². The Morgan fingerprint density at radius 2 is 2.19 bits per heavy atom. The second-order valence-corrected chi connectivity index (χ2v) is 5.72. The molecule has 0 aliphatic heterocycles. The van der Waals surface area contributed by atoms with Gasteiger partial charge in [-0.3, -0.25) is 10.2 Å². The summed E-state index contributed by atoms with van der Waals surface area (Å²) in [6.45, 7) is 2.31. The molecule has 2 aromatic heterocycles. The van der Waals surface area contributed by atoms with Crippen LogP contribution in [0.3, 0.4) is 0 Å². The Kier molecular flexibility index (Phi) is 3.57. The molecule has 3 rings (SSSR count). The van der Waals surface area contributed by atoms with E-state index >= 15 is 0 Å². The fourth-order valence-corrected chi connectivity index (χ4v) is 2.78. The van der Waals surface area contributed by atoms with Gasteiger partial charge in [0.15, 0.2) is 0 Å². The van der Waals surface area contributed by atoms with Crippen molar-refractivity contribution >= 4 is 32.7 Å². The van der Waals surface area contributed by atoms with Gasteiger partial charge in [0, 0.05) is 21.6 Å². The molecule has 108 valence electrons. The van der Waals surface area contributed by atoms with Crippen LogP contribution in [0.25, 0.3) is 10.9 Å². The van der Waals surface area contributed by atoms with Crippen molar-refractivity contribution in [2.24, 2.45) is 5.84 Å². The van der Waals surface area contributed by atoms with Crippen molar-refractivity contribution in [2.75, 3.05) is 0 Å². The molecule has 6 heteroatoms. The van der Waals surface area contributed by atoms with Crippen molar-refractivity contribution in [2.45, 2.75) is 13.5 Å². The molecule has 1 aromatic carbocycles. The zero-order chi connectivity index (χ0) is 15.0. The molecule has 0 atom stereocenters. The van der Waals surface area contributed by atoms with Gasteiger partial charge in [-0.25, -0.2) is 5.84 Å². The molecule has 21 heavy (non-hydrogen) atoms. The third-order valence-electron chi connectivity index (χ3n) is 3.40. The Morgan fingerprint density at radius 1 is 1.38 bits per heavy atom. The van der Waals surface area contributed by atoms with Gasteiger partial charge in [-0.15, -0.1) is 0 Å². The minimum absolute atomic E-state index is 0.344. The molecule has 0 fully saturated rings. The SMILES string of the molecule is Cc1oc(Cn2ccc3cc(Br)ccc32)cc1C(=O)NN. The molecule has 0 saturated heterocycles. The Morgan fingerprint density at radius 3 is 2.95 bits per heavy atom. The van der Waals surface area contributed by atoms with Gasteiger partial charge < -0.3 is 8.98 Å². The van der Waals surface area contributed by atoms with Crippen LogP contribution >= 0.6 is 15.9 Å². The first kappa shape index (κ1) is 13.9. The van der Waals surface area contributed by atoms with E-state index in [0.29, 0.717) is 23.6 Å². The average molecular weight is 348 g/mol. The third-order valence-corrected chi connectivity index (χ3v) is 3.90. The van der Waals surface area contributed by atoms with Crippen LogP contribution in [0.2, 0.25) is 0 Å². The van der Waals surface area contributed by atoms with Crippen molar-refractivity contribution in [3.8, 4) is 0 Å². The van der Waals surface area contributed by atoms with E-state index in [1.165, 1.54) is 0 Å². The minimum Gasteiger partial charge on any atom is -0.464 e. The summed E-state index contributed by atoms with van der Waals surface area (Å²) in [7, 11) is 0. The number of benzene rings is 1. The summed E-state index contributed by atoms with van der Waals surface area (Å²) in [6.07, 6.45) is 2.00. The molecule has 0 saturated carbocycles. The number of carbonyl (C=O) groups excluding carboxylic acids is 1. The van der Waals surface area contributed by atoms with Gasteiger partial charge in [-0.05, 0) is 37.3 Å². The number of hydrazine groups is 1. The molecule has 0 spiro atoms. The Hall–Kier alpha value is -2.05. The van der Waals surface area contributed by atoms with Crippen molar-refractivity contribution in [1.29, 1.82) is 0 Å². The summed E-state index contributed by atoms with van der Waals surface area (Å²) in [5, 5.41) is 1.15. The van der Waals surface area contributed by atoms with Crippen LogP contribution in [0.1, 0.15) is 21.9 Å². The third kappa shape index (κ3) is 2.59. The van der Waals surface area contributed by atoms with E-state index in [2.05, 4.69) is 32.0 Å². The smallest absolute Gasteiger partial charge is 0.268 e. The lowest BCUT2D eigenvalue weighted by molar-refractivity contribution is 0.0952.